The number of anilines is 2. The Labute approximate surface area is 208 Å². The molecule has 0 unspecified atom stereocenters. The van der Waals surface area contributed by atoms with Crippen LogP contribution < -0.4 is 19.6 Å². The first-order valence-electron chi connectivity index (χ1n) is 10.7. The molecule has 0 spiro atoms. The Hall–Kier alpha value is -3.72. The minimum Gasteiger partial charge on any atom is -0.549 e. The van der Waals surface area contributed by atoms with Crippen LogP contribution in [-0.4, -0.2) is 29.1 Å². The topological polar surface area (TPSA) is 96.7 Å². The number of carboxylic acids is 1. The van der Waals surface area contributed by atoms with Crippen molar-refractivity contribution in [3.63, 3.8) is 0 Å². The lowest BCUT2D eigenvalue weighted by Gasteiger charge is -2.29. The summed E-state index contributed by atoms with van der Waals surface area (Å²) in [4.78, 5) is 26.6. The Morgan fingerprint density at radius 1 is 1.19 bits per heavy atom. The van der Waals surface area contributed by atoms with Gasteiger partial charge in [-0.1, -0.05) is 0 Å². The first kappa shape index (κ1) is 25.4. The van der Waals surface area contributed by atoms with Crippen LogP contribution in [0.1, 0.15) is 37.8 Å². The van der Waals surface area contributed by atoms with Crippen LogP contribution >= 0.6 is 12.2 Å². The molecule has 1 aliphatic carbocycles. The molecule has 1 saturated carbocycles. The van der Waals surface area contributed by atoms with Gasteiger partial charge in [-0.15, -0.1) is 0 Å². The van der Waals surface area contributed by atoms with Gasteiger partial charge in [0.05, 0.1) is 35.5 Å². The number of hydrogen-bond acceptors (Lipinski definition) is 6. The molecule has 4 rings (SSSR count). The molecule has 2 aliphatic rings. The standard InChI is InChI=1S/C24H19F4N3O4S/c1-22(2)19(32)30(14-4-3-13(11-29)16(9-14)24(26,27)28)21(36)31(22)15-5-6-18(17(25)10-15)35-12-23(7-8-23)20(33)34/h3-6,9-10H,7-8,12H2,1-2H3,(H,33,34)/p-1. The van der Waals surface area contributed by atoms with Gasteiger partial charge in [0.1, 0.15) is 5.54 Å². The van der Waals surface area contributed by atoms with E-state index in [1.807, 2.05) is 0 Å². The Morgan fingerprint density at radius 2 is 1.83 bits per heavy atom. The number of carbonyl (C=O) groups excluding carboxylic acids is 2. The van der Waals surface area contributed by atoms with Gasteiger partial charge in [0, 0.05) is 17.2 Å². The molecule has 7 nitrogen and oxygen atoms in total. The number of aliphatic carboxylic acids is 1. The van der Waals surface area contributed by atoms with E-state index in [1.165, 1.54) is 43.0 Å². The van der Waals surface area contributed by atoms with Gasteiger partial charge in [-0.2, -0.15) is 18.4 Å². The zero-order valence-electron chi connectivity index (χ0n) is 19.0. The summed E-state index contributed by atoms with van der Waals surface area (Å²) in [6, 6.07) is 7.98. The molecule has 188 valence electrons. The van der Waals surface area contributed by atoms with E-state index in [2.05, 4.69) is 0 Å². The van der Waals surface area contributed by atoms with E-state index in [4.69, 9.17) is 22.2 Å². The van der Waals surface area contributed by atoms with E-state index in [-0.39, 0.29) is 28.8 Å². The van der Waals surface area contributed by atoms with Crippen molar-refractivity contribution in [2.45, 2.75) is 38.4 Å². The van der Waals surface area contributed by atoms with Gasteiger partial charge in [-0.3, -0.25) is 9.69 Å². The monoisotopic (exact) mass is 520 g/mol. The Bertz CT molecular complexity index is 1330. The molecule has 2 aromatic rings. The largest absolute Gasteiger partial charge is 0.549 e. The summed E-state index contributed by atoms with van der Waals surface area (Å²) in [6.07, 6.45) is -4.10. The first-order chi connectivity index (χ1) is 16.7. The number of carbonyl (C=O) groups is 2. The molecule has 0 N–H and O–H groups in total. The van der Waals surface area contributed by atoms with Crippen molar-refractivity contribution in [3.8, 4) is 11.8 Å². The van der Waals surface area contributed by atoms with Gasteiger partial charge in [0.15, 0.2) is 16.7 Å². The summed E-state index contributed by atoms with van der Waals surface area (Å²) in [5.41, 5.74) is -4.41. The number of amides is 1. The molecule has 0 bridgehead atoms. The molecule has 0 atom stereocenters. The van der Waals surface area contributed by atoms with E-state index < -0.39 is 46.0 Å². The van der Waals surface area contributed by atoms with Crippen molar-refractivity contribution in [1.29, 1.82) is 5.26 Å². The fourth-order valence-electron chi connectivity index (χ4n) is 3.98. The zero-order valence-corrected chi connectivity index (χ0v) is 19.8. The van der Waals surface area contributed by atoms with Crippen molar-refractivity contribution in [3.05, 3.63) is 53.3 Å². The fraction of sp³-hybridized carbons (Fsp3) is 0.333. The second-order valence-electron chi connectivity index (χ2n) is 9.13. The number of rotatable bonds is 6. The molecule has 1 aliphatic heterocycles. The number of hydrogen-bond donors (Lipinski definition) is 0. The van der Waals surface area contributed by atoms with Crippen LogP contribution in [0.5, 0.6) is 5.75 Å². The van der Waals surface area contributed by atoms with Crippen molar-refractivity contribution < 1.29 is 37.0 Å². The van der Waals surface area contributed by atoms with E-state index in [1.54, 1.807) is 0 Å². The molecule has 12 heteroatoms. The first-order valence-corrected chi connectivity index (χ1v) is 11.1. The maximum Gasteiger partial charge on any atom is 0.417 e. The van der Waals surface area contributed by atoms with Gasteiger partial charge in [0.25, 0.3) is 5.91 Å². The molecule has 0 aromatic heterocycles. The number of carboxylic acid groups (broad SMARTS) is 1. The highest BCUT2D eigenvalue weighted by molar-refractivity contribution is 7.81. The van der Waals surface area contributed by atoms with Crippen LogP contribution in [0, 0.1) is 22.6 Å². The quantitative estimate of drug-likeness (QED) is 0.425. The number of ether oxygens (including phenoxy) is 1. The number of halogens is 4. The Morgan fingerprint density at radius 3 is 2.36 bits per heavy atom. The van der Waals surface area contributed by atoms with Crippen molar-refractivity contribution in [2.24, 2.45) is 5.41 Å². The average Bonchev–Trinajstić information content (AvgIpc) is 3.56. The van der Waals surface area contributed by atoms with Gasteiger partial charge < -0.3 is 19.5 Å². The van der Waals surface area contributed by atoms with Crippen LogP contribution in [0.3, 0.4) is 0 Å². The molecule has 1 amide bonds. The smallest absolute Gasteiger partial charge is 0.417 e. The number of thiocarbonyl (C=S) groups is 1. The summed E-state index contributed by atoms with van der Waals surface area (Å²) in [6.45, 7) is 2.70. The van der Waals surface area contributed by atoms with Gasteiger partial charge in [-0.05, 0) is 69.2 Å². The maximum atomic E-state index is 14.9. The molecular formula is C24H18F4N3O4S-. The second-order valence-corrected chi connectivity index (χ2v) is 9.49. The molecule has 2 aromatic carbocycles. The van der Waals surface area contributed by atoms with E-state index in [9.17, 15) is 32.3 Å². The fourth-order valence-corrected chi connectivity index (χ4v) is 4.50. The third kappa shape index (κ3) is 4.13. The number of alkyl halides is 3. The molecule has 1 heterocycles. The van der Waals surface area contributed by atoms with Crippen LogP contribution in [0.25, 0.3) is 0 Å². The Balaban J connectivity index is 1.65. The summed E-state index contributed by atoms with van der Waals surface area (Å²) >= 11 is 5.42. The second kappa shape index (κ2) is 8.44. The molecule has 2 fully saturated rings. The lowest BCUT2D eigenvalue weighted by atomic mass is 10.0. The molecule has 36 heavy (non-hydrogen) atoms. The predicted octanol–water partition coefficient (Wildman–Crippen LogP) is 3.54. The minimum absolute atomic E-state index is 0.136. The van der Waals surface area contributed by atoms with Crippen molar-refractivity contribution >= 4 is 40.6 Å². The maximum absolute atomic E-state index is 14.9. The minimum atomic E-state index is -4.84. The van der Waals surface area contributed by atoms with E-state index in [0.29, 0.717) is 18.9 Å². The molecular weight excluding hydrogens is 502 g/mol. The normalized spacial score (nSPS) is 18.2. The lowest BCUT2D eigenvalue weighted by Crippen LogP contribution is -2.44. The highest BCUT2D eigenvalue weighted by Gasteiger charge is 2.51. The number of benzene rings is 2. The SMILES string of the molecule is CC1(C)C(=O)N(c2ccc(C#N)c(C(F)(F)F)c2)C(=S)N1c1ccc(OCC2(C(=O)[O-])CC2)c(F)c1. The number of nitrogens with zero attached hydrogens (tertiary/aromatic N) is 3. The van der Waals surface area contributed by atoms with Gasteiger partial charge >= 0.3 is 6.18 Å². The number of nitriles is 1. The zero-order chi connectivity index (χ0) is 26.6. The van der Waals surface area contributed by atoms with Gasteiger partial charge in [0.2, 0.25) is 0 Å². The summed E-state index contributed by atoms with van der Waals surface area (Å²) in [5, 5.41) is 20.0. The summed E-state index contributed by atoms with van der Waals surface area (Å²) in [7, 11) is 0. The van der Waals surface area contributed by atoms with Crippen molar-refractivity contribution in [1.82, 2.24) is 0 Å². The highest BCUT2D eigenvalue weighted by atomic mass is 32.1. The van der Waals surface area contributed by atoms with Crippen LogP contribution in [0.15, 0.2) is 36.4 Å². The summed E-state index contributed by atoms with van der Waals surface area (Å²) < 4.78 is 60.6. The van der Waals surface area contributed by atoms with Crippen LogP contribution in [0.2, 0.25) is 0 Å². The van der Waals surface area contributed by atoms with Gasteiger partial charge in [-0.25, -0.2) is 4.39 Å². The molecule has 1 saturated heterocycles. The van der Waals surface area contributed by atoms with Crippen LogP contribution in [0.4, 0.5) is 28.9 Å². The van der Waals surface area contributed by atoms with Crippen molar-refractivity contribution in [2.75, 3.05) is 16.4 Å². The third-order valence-electron chi connectivity index (χ3n) is 6.32. The predicted molar refractivity (Wildman–Crippen MR) is 121 cm³/mol. The Kier molecular flexibility index (Phi) is 5.95. The molecule has 0 radical (unpaired) electrons. The highest BCUT2D eigenvalue weighted by Crippen LogP contribution is 2.46. The summed E-state index contributed by atoms with van der Waals surface area (Å²) in [5.74, 6) is -2.97. The van der Waals surface area contributed by atoms with E-state index in [0.717, 1.165) is 17.0 Å². The van der Waals surface area contributed by atoms with E-state index >= 15 is 0 Å². The average molecular weight is 520 g/mol. The third-order valence-corrected chi connectivity index (χ3v) is 6.68. The lowest BCUT2D eigenvalue weighted by molar-refractivity contribution is -0.314. The van der Waals surface area contributed by atoms with Crippen LogP contribution in [-0.2, 0) is 15.8 Å².